The first-order valence-electron chi connectivity index (χ1n) is 9.42. The number of amides is 1. The van der Waals surface area contributed by atoms with Crippen molar-refractivity contribution in [1.82, 2.24) is 30.2 Å². The molecule has 4 rings (SSSR count). The largest absolute Gasteiger partial charge is 0.381 e. The highest BCUT2D eigenvalue weighted by Crippen LogP contribution is 2.34. The quantitative estimate of drug-likeness (QED) is 0.658. The Bertz CT molecular complexity index is 975. The zero-order chi connectivity index (χ0) is 19.5. The van der Waals surface area contributed by atoms with E-state index < -0.39 is 0 Å². The molecule has 0 unspecified atom stereocenters. The van der Waals surface area contributed by atoms with Crippen molar-refractivity contribution >= 4 is 22.6 Å². The first-order valence-corrected chi connectivity index (χ1v) is 9.42. The van der Waals surface area contributed by atoms with Crippen molar-refractivity contribution in [3.05, 3.63) is 18.2 Å². The number of hydrogen-bond acceptors (Lipinski definition) is 8. The molecule has 0 atom stereocenters. The fourth-order valence-electron chi connectivity index (χ4n) is 3.26. The van der Waals surface area contributed by atoms with Crippen LogP contribution in [0.1, 0.15) is 32.5 Å². The number of pyridine rings is 1. The third-order valence-corrected chi connectivity index (χ3v) is 4.73. The molecule has 4 heterocycles. The Morgan fingerprint density at radius 3 is 2.89 bits per heavy atom. The number of fused-ring (bicyclic) bond motifs is 1. The minimum atomic E-state index is -0.150. The SMILES string of the molecule is CCn1ncc2c(NC3CCOCC3)c(-c3nc(CNC(C)=O)no3)cnc21. The molecule has 1 saturated heterocycles. The molecule has 0 aromatic carbocycles. The van der Waals surface area contributed by atoms with Crippen LogP contribution in [0.15, 0.2) is 16.9 Å². The third kappa shape index (κ3) is 3.68. The number of ether oxygens (including phenoxy) is 1. The summed E-state index contributed by atoms with van der Waals surface area (Å²) in [5.74, 6) is 0.614. The zero-order valence-electron chi connectivity index (χ0n) is 15.9. The van der Waals surface area contributed by atoms with Crippen LogP contribution in [0, 0.1) is 0 Å². The lowest BCUT2D eigenvalue weighted by Crippen LogP contribution is -2.28. The molecule has 0 saturated carbocycles. The maximum absolute atomic E-state index is 11.1. The number of aromatic nitrogens is 5. The van der Waals surface area contributed by atoms with Crippen LogP contribution in [0.5, 0.6) is 0 Å². The van der Waals surface area contributed by atoms with Gasteiger partial charge in [-0.25, -0.2) is 9.67 Å². The molecule has 148 valence electrons. The van der Waals surface area contributed by atoms with Gasteiger partial charge in [-0.05, 0) is 19.8 Å². The number of nitrogens with zero attached hydrogens (tertiary/aromatic N) is 5. The molecule has 3 aromatic rings. The molecule has 0 bridgehead atoms. The van der Waals surface area contributed by atoms with Crippen LogP contribution >= 0.6 is 0 Å². The van der Waals surface area contributed by atoms with Crippen LogP contribution < -0.4 is 10.6 Å². The number of anilines is 1. The number of rotatable bonds is 6. The van der Waals surface area contributed by atoms with Crippen molar-refractivity contribution in [1.29, 1.82) is 0 Å². The van der Waals surface area contributed by atoms with E-state index >= 15 is 0 Å². The second-order valence-electron chi connectivity index (χ2n) is 6.70. The summed E-state index contributed by atoms with van der Waals surface area (Å²) >= 11 is 0. The summed E-state index contributed by atoms with van der Waals surface area (Å²) in [6.07, 6.45) is 5.38. The molecular weight excluding hydrogens is 362 g/mol. The monoisotopic (exact) mass is 385 g/mol. The summed E-state index contributed by atoms with van der Waals surface area (Å²) in [7, 11) is 0. The molecule has 0 aliphatic carbocycles. The molecule has 3 aromatic heterocycles. The average Bonchev–Trinajstić information content (AvgIpc) is 3.34. The molecule has 1 fully saturated rings. The van der Waals surface area contributed by atoms with Crippen molar-refractivity contribution in [2.75, 3.05) is 18.5 Å². The van der Waals surface area contributed by atoms with Crippen LogP contribution in [0.4, 0.5) is 5.69 Å². The van der Waals surface area contributed by atoms with E-state index in [1.165, 1.54) is 6.92 Å². The minimum absolute atomic E-state index is 0.150. The Morgan fingerprint density at radius 2 is 2.14 bits per heavy atom. The summed E-state index contributed by atoms with van der Waals surface area (Å²) in [6.45, 7) is 5.88. The molecule has 0 radical (unpaired) electrons. The average molecular weight is 385 g/mol. The lowest BCUT2D eigenvalue weighted by molar-refractivity contribution is -0.119. The summed E-state index contributed by atoms with van der Waals surface area (Å²) in [5, 5.41) is 15.6. The first kappa shape index (κ1) is 18.4. The van der Waals surface area contributed by atoms with Gasteiger partial charge in [0, 0.05) is 38.9 Å². The van der Waals surface area contributed by atoms with E-state index in [-0.39, 0.29) is 18.5 Å². The number of carbonyl (C=O) groups excluding carboxylic acids is 1. The highest BCUT2D eigenvalue weighted by atomic mass is 16.5. The van der Waals surface area contributed by atoms with Gasteiger partial charge in [0.05, 0.1) is 29.4 Å². The lowest BCUT2D eigenvalue weighted by Gasteiger charge is -2.25. The topological polar surface area (TPSA) is 120 Å². The summed E-state index contributed by atoms with van der Waals surface area (Å²) in [5.41, 5.74) is 2.40. The van der Waals surface area contributed by atoms with E-state index in [1.54, 1.807) is 6.20 Å². The summed E-state index contributed by atoms with van der Waals surface area (Å²) in [4.78, 5) is 20.1. The smallest absolute Gasteiger partial charge is 0.261 e. The number of hydrogen-bond donors (Lipinski definition) is 2. The number of aryl methyl sites for hydroxylation is 1. The van der Waals surface area contributed by atoms with Gasteiger partial charge >= 0.3 is 0 Å². The maximum atomic E-state index is 11.1. The van der Waals surface area contributed by atoms with Crippen LogP contribution in [-0.4, -0.2) is 50.1 Å². The fourth-order valence-corrected chi connectivity index (χ4v) is 3.26. The van der Waals surface area contributed by atoms with Gasteiger partial charge in [-0.15, -0.1) is 0 Å². The highest BCUT2D eigenvalue weighted by molar-refractivity contribution is 5.96. The van der Waals surface area contributed by atoms with Crippen molar-refractivity contribution in [3.8, 4) is 11.5 Å². The molecule has 0 spiro atoms. The molecule has 1 amide bonds. The molecule has 2 N–H and O–H groups in total. The second-order valence-corrected chi connectivity index (χ2v) is 6.70. The molecule has 28 heavy (non-hydrogen) atoms. The van der Waals surface area contributed by atoms with E-state index in [9.17, 15) is 4.79 Å². The normalized spacial score (nSPS) is 15.1. The van der Waals surface area contributed by atoms with Gasteiger partial charge < -0.3 is 19.9 Å². The Hall–Kier alpha value is -3.01. The van der Waals surface area contributed by atoms with E-state index in [0.29, 0.717) is 11.7 Å². The Balaban J connectivity index is 1.72. The standard InChI is InChI=1S/C18H23N7O3/c1-3-25-17-13(9-21-25)16(22-12-4-6-27-7-5-12)14(8-20-17)18-23-15(24-28-18)10-19-11(2)26/h8-9,12H,3-7,10H2,1-2H3,(H,19,26)(H,20,22). The van der Waals surface area contributed by atoms with Crippen LogP contribution in [0.3, 0.4) is 0 Å². The predicted molar refractivity (Wildman–Crippen MR) is 101 cm³/mol. The van der Waals surface area contributed by atoms with Crippen molar-refractivity contribution in [2.24, 2.45) is 0 Å². The van der Waals surface area contributed by atoms with Gasteiger partial charge in [0.1, 0.15) is 0 Å². The van der Waals surface area contributed by atoms with E-state index in [1.807, 2.05) is 17.8 Å². The fraction of sp³-hybridized carbons (Fsp3) is 0.500. The molecule has 10 nitrogen and oxygen atoms in total. The van der Waals surface area contributed by atoms with E-state index in [4.69, 9.17) is 9.26 Å². The van der Waals surface area contributed by atoms with Crippen LogP contribution in [-0.2, 0) is 22.6 Å². The van der Waals surface area contributed by atoms with Gasteiger partial charge in [-0.2, -0.15) is 10.1 Å². The second kappa shape index (κ2) is 7.93. The first-order chi connectivity index (χ1) is 13.7. The van der Waals surface area contributed by atoms with E-state index in [0.717, 1.165) is 54.9 Å². The lowest BCUT2D eigenvalue weighted by atomic mass is 10.1. The summed E-state index contributed by atoms with van der Waals surface area (Å²) in [6, 6.07) is 0.282. The Labute approximate surface area is 161 Å². The Morgan fingerprint density at radius 1 is 1.32 bits per heavy atom. The number of nitrogens with one attached hydrogen (secondary N) is 2. The third-order valence-electron chi connectivity index (χ3n) is 4.73. The van der Waals surface area contributed by atoms with E-state index in [2.05, 4.69) is 30.9 Å². The Kier molecular flexibility index (Phi) is 5.20. The van der Waals surface area contributed by atoms with Crippen molar-refractivity contribution in [3.63, 3.8) is 0 Å². The minimum Gasteiger partial charge on any atom is -0.381 e. The highest BCUT2D eigenvalue weighted by Gasteiger charge is 2.22. The van der Waals surface area contributed by atoms with Gasteiger partial charge in [-0.1, -0.05) is 5.16 Å². The molecule has 1 aliphatic rings. The van der Waals surface area contributed by atoms with Crippen LogP contribution in [0.2, 0.25) is 0 Å². The maximum Gasteiger partial charge on any atom is 0.261 e. The zero-order valence-corrected chi connectivity index (χ0v) is 15.9. The predicted octanol–water partition coefficient (Wildman–Crippen LogP) is 1.73. The summed E-state index contributed by atoms with van der Waals surface area (Å²) < 4.78 is 12.8. The van der Waals surface area contributed by atoms with Crippen molar-refractivity contribution < 1.29 is 14.1 Å². The molecular formula is C18H23N7O3. The van der Waals surface area contributed by atoms with Crippen LogP contribution in [0.25, 0.3) is 22.5 Å². The van der Waals surface area contributed by atoms with Gasteiger partial charge in [0.25, 0.3) is 5.89 Å². The van der Waals surface area contributed by atoms with Crippen molar-refractivity contribution in [2.45, 2.75) is 45.8 Å². The van der Waals surface area contributed by atoms with Gasteiger partial charge in [0.2, 0.25) is 5.91 Å². The van der Waals surface area contributed by atoms with Gasteiger partial charge in [-0.3, -0.25) is 4.79 Å². The molecule has 1 aliphatic heterocycles. The number of carbonyl (C=O) groups is 1. The van der Waals surface area contributed by atoms with Gasteiger partial charge in [0.15, 0.2) is 11.5 Å². The molecule has 10 heteroatoms.